The first kappa shape index (κ1) is 20.2. The van der Waals surface area contributed by atoms with Crippen LogP contribution in [0, 0.1) is 0 Å². The monoisotopic (exact) mass is 361 g/mol. The highest BCUT2D eigenvalue weighted by atomic mass is 16.5. The van der Waals surface area contributed by atoms with Crippen LogP contribution in [0.2, 0.25) is 0 Å². The van der Waals surface area contributed by atoms with Crippen LogP contribution >= 0.6 is 0 Å². The van der Waals surface area contributed by atoms with Crippen molar-refractivity contribution in [3.63, 3.8) is 0 Å². The van der Waals surface area contributed by atoms with Crippen molar-refractivity contribution in [3.05, 3.63) is 29.8 Å². The van der Waals surface area contributed by atoms with Crippen molar-refractivity contribution in [2.75, 3.05) is 7.11 Å². The maximum absolute atomic E-state index is 12.3. The minimum Gasteiger partial charge on any atom is -0.497 e. The number of nitrogens with one attached hydrogen (secondary N) is 3. The maximum atomic E-state index is 12.3. The predicted molar refractivity (Wildman–Crippen MR) is 102 cm³/mol. The molecular formula is C20H31N3O3. The number of methoxy groups -OCH3 is 1. The van der Waals surface area contributed by atoms with Gasteiger partial charge in [-0.15, -0.1) is 0 Å². The lowest BCUT2D eigenvalue weighted by atomic mass is 9.79. The highest BCUT2D eigenvalue weighted by Gasteiger charge is 2.38. The molecule has 2 amide bonds. The minimum absolute atomic E-state index is 0.0317. The molecule has 6 nitrogen and oxygen atoms in total. The van der Waals surface area contributed by atoms with E-state index in [9.17, 15) is 9.59 Å². The largest absolute Gasteiger partial charge is 0.497 e. The van der Waals surface area contributed by atoms with Crippen LogP contribution in [0.4, 0.5) is 0 Å². The Labute approximate surface area is 156 Å². The fourth-order valence-corrected chi connectivity index (χ4v) is 3.91. The van der Waals surface area contributed by atoms with Gasteiger partial charge in [-0.05, 0) is 65.2 Å². The van der Waals surface area contributed by atoms with Crippen LogP contribution < -0.4 is 20.7 Å². The summed E-state index contributed by atoms with van der Waals surface area (Å²) in [5.41, 5.74) is 0.732. The maximum Gasteiger partial charge on any atom is 0.309 e. The highest BCUT2D eigenvalue weighted by molar-refractivity contribution is 6.35. The molecule has 0 radical (unpaired) electrons. The van der Waals surface area contributed by atoms with Crippen molar-refractivity contribution in [3.8, 4) is 5.75 Å². The number of carbonyl (C=O) groups excluding carboxylic acids is 2. The Kier molecular flexibility index (Phi) is 5.96. The summed E-state index contributed by atoms with van der Waals surface area (Å²) < 4.78 is 5.13. The molecule has 1 saturated heterocycles. The lowest BCUT2D eigenvalue weighted by Gasteiger charge is -2.46. The number of ether oxygens (including phenoxy) is 1. The molecule has 0 aromatic heterocycles. The Bertz CT molecular complexity index is 637. The second-order valence-electron chi connectivity index (χ2n) is 8.44. The van der Waals surface area contributed by atoms with Gasteiger partial charge in [-0.1, -0.05) is 12.1 Å². The number of carbonyl (C=O) groups is 2. The second-order valence-corrected chi connectivity index (χ2v) is 8.44. The minimum atomic E-state index is -0.609. The van der Waals surface area contributed by atoms with Gasteiger partial charge >= 0.3 is 11.8 Å². The Morgan fingerprint density at radius 3 is 2.12 bits per heavy atom. The first-order valence-electron chi connectivity index (χ1n) is 9.06. The van der Waals surface area contributed by atoms with Crippen LogP contribution in [-0.4, -0.2) is 36.0 Å². The van der Waals surface area contributed by atoms with Gasteiger partial charge in [-0.25, -0.2) is 0 Å². The molecule has 1 aromatic carbocycles. The number of benzene rings is 1. The first-order chi connectivity index (χ1) is 12.0. The summed E-state index contributed by atoms with van der Waals surface area (Å²) in [4.78, 5) is 24.6. The Morgan fingerprint density at radius 2 is 1.62 bits per heavy atom. The summed E-state index contributed by atoms with van der Waals surface area (Å²) in [6.07, 6.45) is 1.56. The molecule has 2 rings (SSSR count). The normalized spacial score (nSPS) is 20.1. The lowest BCUT2D eigenvalue weighted by Crippen LogP contribution is -2.62. The second kappa shape index (κ2) is 7.66. The molecule has 0 saturated carbocycles. The van der Waals surface area contributed by atoms with E-state index in [1.807, 2.05) is 31.2 Å². The van der Waals surface area contributed by atoms with Gasteiger partial charge in [-0.3, -0.25) is 9.59 Å². The van der Waals surface area contributed by atoms with Crippen molar-refractivity contribution in [2.24, 2.45) is 0 Å². The summed E-state index contributed by atoms with van der Waals surface area (Å²) >= 11 is 0. The lowest BCUT2D eigenvalue weighted by molar-refractivity contribution is -0.140. The third-order valence-electron chi connectivity index (χ3n) is 4.70. The molecule has 0 bridgehead atoms. The van der Waals surface area contributed by atoms with Gasteiger partial charge in [0.2, 0.25) is 0 Å². The van der Waals surface area contributed by atoms with Crippen molar-refractivity contribution in [2.45, 2.75) is 70.6 Å². The number of hydrogen-bond donors (Lipinski definition) is 3. The molecule has 1 aliphatic rings. The van der Waals surface area contributed by atoms with Crippen molar-refractivity contribution < 1.29 is 14.3 Å². The number of amides is 2. The highest BCUT2D eigenvalue weighted by Crippen LogP contribution is 2.28. The fourth-order valence-electron chi connectivity index (χ4n) is 3.91. The van der Waals surface area contributed by atoms with Crippen molar-refractivity contribution >= 4 is 11.8 Å². The van der Waals surface area contributed by atoms with Gasteiger partial charge in [0.1, 0.15) is 5.75 Å². The van der Waals surface area contributed by atoms with E-state index in [1.165, 1.54) is 0 Å². The molecule has 3 N–H and O–H groups in total. The predicted octanol–water partition coefficient (Wildman–Crippen LogP) is 2.30. The van der Waals surface area contributed by atoms with Gasteiger partial charge in [0.15, 0.2) is 0 Å². The molecule has 6 heteroatoms. The molecule has 1 heterocycles. The number of rotatable bonds is 4. The summed E-state index contributed by atoms with van der Waals surface area (Å²) in [5, 5.41) is 9.22. The Balaban J connectivity index is 1.93. The summed E-state index contributed by atoms with van der Waals surface area (Å²) in [7, 11) is 1.61. The summed E-state index contributed by atoms with van der Waals surface area (Å²) in [6.45, 7) is 10.3. The van der Waals surface area contributed by atoms with Crippen LogP contribution in [0.3, 0.4) is 0 Å². The molecule has 1 aromatic rings. The van der Waals surface area contributed by atoms with E-state index in [0.717, 1.165) is 24.2 Å². The molecule has 0 aliphatic carbocycles. The number of hydrogen-bond acceptors (Lipinski definition) is 4. The zero-order valence-electron chi connectivity index (χ0n) is 16.6. The Morgan fingerprint density at radius 1 is 1.08 bits per heavy atom. The van der Waals surface area contributed by atoms with E-state index in [4.69, 9.17) is 4.74 Å². The average molecular weight is 361 g/mol. The van der Waals surface area contributed by atoms with Crippen molar-refractivity contribution in [1.82, 2.24) is 16.0 Å². The average Bonchev–Trinajstić information content (AvgIpc) is 2.51. The molecule has 1 atom stereocenters. The van der Waals surface area contributed by atoms with E-state index in [-0.39, 0.29) is 23.2 Å². The molecule has 26 heavy (non-hydrogen) atoms. The van der Waals surface area contributed by atoms with Gasteiger partial charge in [0.05, 0.1) is 13.2 Å². The van der Waals surface area contributed by atoms with Crippen LogP contribution in [0.1, 0.15) is 59.1 Å². The van der Waals surface area contributed by atoms with Crippen LogP contribution in [-0.2, 0) is 9.59 Å². The SMILES string of the molecule is COc1ccc(C(C)NC(=O)C(=O)NC2CC(C)(C)NC(C)(C)C2)cc1. The van der Waals surface area contributed by atoms with E-state index < -0.39 is 11.8 Å². The van der Waals surface area contributed by atoms with Crippen LogP contribution in [0.15, 0.2) is 24.3 Å². The smallest absolute Gasteiger partial charge is 0.309 e. The topological polar surface area (TPSA) is 79.5 Å². The van der Waals surface area contributed by atoms with E-state index >= 15 is 0 Å². The van der Waals surface area contributed by atoms with Gasteiger partial charge in [-0.2, -0.15) is 0 Å². The molecule has 1 aliphatic heterocycles. The fraction of sp³-hybridized carbons (Fsp3) is 0.600. The third kappa shape index (κ3) is 5.46. The zero-order valence-corrected chi connectivity index (χ0v) is 16.6. The molecule has 1 fully saturated rings. The molecule has 0 spiro atoms. The summed E-state index contributed by atoms with van der Waals surface area (Å²) in [6, 6.07) is 7.11. The van der Waals surface area contributed by atoms with Gasteiger partial charge < -0.3 is 20.7 Å². The molecule has 1 unspecified atom stereocenters. The molecule has 144 valence electrons. The third-order valence-corrected chi connectivity index (χ3v) is 4.70. The van der Waals surface area contributed by atoms with Crippen LogP contribution in [0.5, 0.6) is 5.75 Å². The Hall–Kier alpha value is -2.08. The first-order valence-corrected chi connectivity index (χ1v) is 9.06. The quantitative estimate of drug-likeness (QED) is 0.719. The number of piperidine rings is 1. The molecular weight excluding hydrogens is 330 g/mol. The van der Waals surface area contributed by atoms with E-state index in [2.05, 4.69) is 43.6 Å². The standard InChI is InChI=1S/C20H31N3O3/c1-13(14-7-9-16(26-6)10-8-14)21-17(24)18(25)22-15-11-19(2,3)23-20(4,5)12-15/h7-10,13,15,23H,11-12H2,1-6H3,(H,21,24)(H,22,25). The van der Waals surface area contributed by atoms with E-state index in [1.54, 1.807) is 7.11 Å². The van der Waals surface area contributed by atoms with E-state index in [0.29, 0.717) is 0 Å². The van der Waals surface area contributed by atoms with Crippen LogP contribution in [0.25, 0.3) is 0 Å². The van der Waals surface area contributed by atoms with Gasteiger partial charge in [0.25, 0.3) is 0 Å². The zero-order chi connectivity index (χ0) is 19.5. The summed E-state index contributed by atoms with van der Waals surface area (Å²) in [5.74, 6) is -0.438. The van der Waals surface area contributed by atoms with Gasteiger partial charge in [0, 0.05) is 17.1 Å². The van der Waals surface area contributed by atoms with Crippen molar-refractivity contribution in [1.29, 1.82) is 0 Å².